The number of pyridine rings is 1. The summed E-state index contributed by atoms with van der Waals surface area (Å²) < 4.78 is 4.67. The fourth-order valence-corrected chi connectivity index (χ4v) is 1.08. The first kappa shape index (κ1) is 11.9. The molecule has 0 bridgehead atoms. The van der Waals surface area contributed by atoms with E-state index in [9.17, 15) is 9.59 Å². The number of rotatable bonds is 4. The summed E-state index contributed by atoms with van der Waals surface area (Å²) in [5.41, 5.74) is 0.270. The van der Waals surface area contributed by atoms with Gasteiger partial charge in [0.1, 0.15) is 0 Å². The molecule has 84 valence electrons. The van der Waals surface area contributed by atoms with Gasteiger partial charge in [0.15, 0.2) is 5.69 Å². The number of ether oxygens (including phenoxy) is 1. The molecule has 0 unspecified atom stereocenters. The van der Waals surface area contributed by atoms with Gasteiger partial charge in [-0.05, 0) is 19.1 Å². The topological polar surface area (TPSA) is 76.5 Å². The van der Waals surface area contributed by atoms with E-state index in [-0.39, 0.29) is 12.3 Å². The number of carboxylic acid groups (broad SMARTS) is 1. The number of hydrogen-bond acceptors (Lipinski definition) is 4. The minimum absolute atomic E-state index is 0.0944. The molecular weight excluding hydrogens is 210 g/mol. The number of carboxylic acids is 1. The van der Waals surface area contributed by atoms with Crippen molar-refractivity contribution in [3.05, 3.63) is 35.7 Å². The third kappa shape index (κ3) is 3.20. The van der Waals surface area contributed by atoms with E-state index >= 15 is 0 Å². The zero-order chi connectivity index (χ0) is 12.0. The summed E-state index contributed by atoms with van der Waals surface area (Å²) in [6, 6.07) is 3.16. The van der Waals surface area contributed by atoms with Gasteiger partial charge < -0.3 is 9.84 Å². The second-order valence-corrected chi connectivity index (χ2v) is 2.83. The van der Waals surface area contributed by atoms with Crippen LogP contribution in [0.25, 0.3) is 6.08 Å². The van der Waals surface area contributed by atoms with E-state index in [0.29, 0.717) is 5.56 Å². The highest BCUT2D eigenvalue weighted by molar-refractivity contribution is 5.93. The molecule has 0 atom stereocenters. The Labute approximate surface area is 92.4 Å². The van der Waals surface area contributed by atoms with E-state index < -0.39 is 11.9 Å². The summed E-state index contributed by atoms with van der Waals surface area (Å²) in [4.78, 5) is 25.5. The van der Waals surface area contributed by atoms with Gasteiger partial charge in [-0.3, -0.25) is 0 Å². The smallest absolute Gasteiger partial charge is 0.355 e. The van der Waals surface area contributed by atoms with E-state index in [4.69, 9.17) is 5.11 Å². The Morgan fingerprint density at radius 2 is 2.31 bits per heavy atom. The number of carbonyl (C=O) groups is 2. The lowest BCUT2D eigenvalue weighted by atomic mass is 10.2. The number of aromatic nitrogens is 1. The highest BCUT2D eigenvalue weighted by atomic mass is 16.5. The largest absolute Gasteiger partial charge is 0.476 e. The Hall–Kier alpha value is -2.17. The monoisotopic (exact) mass is 221 g/mol. The third-order valence-electron chi connectivity index (χ3n) is 1.73. The SMILES string of the molecule is CCOC(=O)C=Cc1cccnc1C(=O)O. The van der Waals surface area contributed by atoms with Crippen molar-refractivity contribution < 1.29 is 19.4 Å². The first-order chi connectivity index (χ1) is 7.65. The van der Waals surface area contributed by atoms with Crippen molar-refractivity contribution in [2.24, 2.45) is 0 Å². The first-order valence-corrected chi connectivity index (χ1v) is 4.68. The fraction of sp³-hybridized carbons (Fsp3) is 0.182. The normalized spacial score (nSPS) is 10.3. The number of carbonyl (C=O) groups excluding carboxylic acids is 1. The lowest BCUT2D eigenvalue weighted by molar-refractivity contribution is -0.137. The lowest BCUT2D eigenvalue weighted by Gasteiger charge is -1.99. The zero-order valence-electron chi connectivity index (χ0n) is 8.71. The molecule has 0 spiro atoms. The van der Waals surface area contributed by atoms with Crippen LogP contribution in [-0.4, -0.2) is 28.6 Å². The average molecular weight is 221 g/mol. The van der Waals surface area contributed by atoms with Crippen LogP contribution in [0.3, 0.4) is 0 Å². The van der Waals surface area contributed by atoms with Gasteiger partial charge in [0.25, 0.3) is 0 Å². The van der Waals surface area contributed by atoms with Gasteiger partial charge in [-0.25, -0.2) is 14.6 Å². The van der Waals surface area contributed by atoms with Gasteiger partial charge >= 0.3 is 11.9 Å². The molecular formula is C11H11NO4. The quantitative estimate of drug-likeness (QED) is 0.613. The van der Waals surface area contributed by atoms with E-state index in [2.05, 4.69) is 9.72 Å². The molecule has 0 saturated heterocycles. The summed E-state index contributed by atoms with van der Waals surface area (Å²) >= 11 is 0. The van der Waals surface area contributed by atoms with Crippen molar-refractivity contribution >= 4 is 18.0 Å². The van der Waals surface area contributed by atoms with Gasteiger partial charge in [-0.2, -0.15) is 0 Å². The van der Waals surface area contributed by atoms with Crippen LogP contribution < -0.4 is 0 Å². The van der Waals surface area contributed by atoms with Crippen LogP contribution in [0, 0.1) is 0 Å². The molecule has 5 heteroatoms. The zero-order valence-corrected chi connectivity index (χ0v) is 8.71. The fourth-order valence-electron chi connectivity index (χ4n) is 1.08. The lowest BCUT2D eigenvalue weighted by Crippen LogP contribution is -2.03. The van der Waals surface area contributed by atoms with Gasteiger partial charge in [0.05, 0.1) is 6.61 Å². The van der Waals surface area contributed by atoms with E-state index in [1.165, 1.54) is 18.3 Å². The summed E-state index contributed by atoms with van der Waals surface area (Å²) in [7, 11) is 0. The third-order valence-corrected chi connectivity index (χ3v) is 1.73. The predicted molar refractivity (Wildman–Crippen MR) is 56.9 cm³/mol. The molecule has 1 rings (SSSR count). The molecule has 1 N–H and O–H groups in total. The minimum atomic E-state index is -1.14. The summed E-state index contributed by atoms with van der Waals surface area (Å²) in [6.07, 6.45) is 3.92. The van der Waals surface area contributed by atoms with Crippen molar-refractivity contribution in [3.63, 3.8) is 0 Å². The Bertz CT molecular complexity index is 426. The van der Waals surface area contributed by atoms with Crippen LogP contribution in [0.15, 0.2) is 24.4 Å². The highest BCUT2D eigenvalue weighted by Crippen LogP contribution is 2.07. The average Bonchev–Trinajstić information content (AvgIpc) is 2.27. The van der Waals surface area contributed by atoms with E-state index in [1.807, 2.05) is 0 Å². The van der Waals surface area contributed by atoms with E-state index in [0.717, 1.165) is 0 Å². The molecule has 0 aromatic carbocycles. The maximum atomic E-state index is 11.0. The molecule has 0 aliphatic carbocycles. The maximum Gasteiger partial charge on any atom is 0.355 e. The molecule has 0 radical (unpaired) electrons. The van der Waals surface area contributed by atoms with Gasteiger partial charge in [0, 0.05) is 17.8 Å². The molecule has 1 aromatic rings. The highest BCUT2D eigenvalue weighted by Gasteiger charge is 2.08. The van der Waals surface area contributed by atoms with Crippen LogP contribution in [0.5, 0.6) is 0 Å². The predicted octanol–water partition coefficient (Wildman–Crippen LogP) is 1.36. The molecule has 0 amide bonds. The van der Waals surface area contributed by atoms with Crippen LogP contribution >= 0.6 is 0 Å². The summed E-state index contributed by atoms with van der Waals surface area (Å²) in [6.45, 7) is 1.97. The number of aromatic carboxylic acids is 1. The molecule has 0 aliphatic heterocycles. The molecule has 5 nitrogen and oxygen atoms in total. The summed E-state index contributed by atoms with van der Waals surface area (Å²) in [5, 5.41) is 8.82. The van der Waals surface area contributed by atoms with Crippen molar-refractivity contribution in [1.29, 1.82) is 0 Å². The Balaban J connectivity index is 2.88. The second-order valence-electron chi connectivity index (χ2n) is 2.83. The van der Waals surface area contributed by atoms with Crippen LogP contribution in [0.4, 0.5) is 0 Å². The molecule has 1 aromatic heterocycles. The van der Waals surface area contributed by atoms with Crippen molar-refractivity contribution in [3.8, 4) is 0 Å². The Kier molecular flexibility index (Phi) is 4.20. The number of nitrogens with zero attached hydrogens (tertiary/aromatic N) is 1. The molecule has 16 heavy (non-hydrogen) atoms. The van der Waals surface area contributed by atoms with Crippen LogP contribution in [0.2, 0.25) is 0 Å². The van der Waals surface area contributed by atoms with Crippen molar-refractivity contribution in [2.45, 2.75) is 6.92 Å². The van der Waals surface area contributed by atoms with Crippen LogP contribution in [0.1, 0.15) is 23.0 Å². The van der Waals surface area contributed by atoms with Gasteiger partial charge in [-0.1, -0.05) is 6.07 Å². The van der Waals surface area contributed by atoms with Crippen molar-refractivity contribution in [1.82, 2.24) is 4.98 Å². The molecule has 0 aliphatic rings. The van der Waals surface area contributed by atoms with E-state index in [1.54, 1.807) is 19.1 Å². The first-order valence-electron chi connectivity index (χ1n) is 4.68. The minimum Gasteiger partial charge on any atom is -0.476 e. The molecule has 1 heterocycles. The Morgan fingerprint density at radius 1 is 1.56 bits per heavy atom. The van der Waals surface area contributed by atoms with Crippen molar-refractivity contribution in [2.75, 3.05) is 6.61 Å². The number of hydrogen-bond donors (Lipinski definition) is 1. The van der Waals surface area contributed by atoms with Gasteiger partial charge in [-0.15, -0.1) is 0 Å². The number of esters is 1. The van der Waals surface area contributed by atoms with Crippen LogP contribution in [-0.2, 0) is 9.53 Å². The molecule has 0 fully saturated rings. The van der Waals surface area contributed by atoms with Gasteiger partial charge in [0.2, 0.25) is 0 Å². The summed E-state index contributed by atoms with van der Waals surface area (Å²) in [5.74, 6) is -1.65. The Morgan fingerprint density at radius 3 is 2.94 bits per heavy atom. The molecule has 0 saturated carbocycles. The standard InChI is InChI=1S/C11H11NO4/c1-2-16-9(13)6-5-8-4-3-7-12-10(8)11(14)15/h3-7H,2H2,1H3,(H,14,15). The maximum absolute atomic E-state index is 11.0. The second kappa shape index (κ2) is 5.65.